The highest BCUT2D eigenvalue weighted by Gasteiger charge is 2.38. The molecular weight excluding hydrogens is 532 g/mol. The topological polar surface area (TPSA) is 84.4 Å². The van der Waals surface area contributed by atoms with Crippen molar-refractivity contribution in [2.24, 2.45) is 0 Å². The van der Waals surface area contributed by atoms with E-state index in [1.165, 1.54) is 11.1 Å². The first-order chi connectivity index (χ1) is 19.9. The van der Waals surface area contributed by atoms with Gasteiger partial charge in [0.05, 0.1) is 17.5 Å². The molecule has 1 fully saturated rings. The highest BCUT2D eigenvalue weighted by molar-refractivity contribution is 7.89. The molecule has 5 aromatic rings. The third kappa shape index (κ3) is 5.94. The van der Waals surface area contributed by atoms with E-state index < -0.39 is 10.0 Å². The van der Waals surface area contributed by atoms with Gasteiger partial charge in [-0.3, -0.25) is 0 Å². The van der Waals surface area contributed by atoms with E-state index in [-0.39, 0.29) is 10.9 Å². The maximum Gasteiger partial charge on any atom is 0.243 e. The van der Waals surface area contributed by atoms with Gasteiger partial charge in [-0.2, -0.15) is 4.31 Å². The number of nitrogens with one attached hydrogen (secondary N) is 1. The van der Waals surface area contributed by atoms with Crippen LogP contribution in [0, 0.1) is 6.92 Å². The number of methoxy groups -OCH3 is 1. The number of hydrogen-bond donors (Lipinski definition) is 1. The molecule has 1 heterocycles. The molecule has 1 aromatic heterocycles. The zero-order valence-electron chi connectivity index (χ0n) is 23.1. The summed E-state index contributed by atoms with van der Waals surface area (Å²) in [6, 6.07) is 29.3. The van der Waals surface area contributed by atoms with E-state index in [1.807, 2.05) is 30.3 Å². The molecule has 6 rings (SSSR count). The number of ether oxygens (including phenoxy) is 1. The fourth-order valence-electron chi connectivity index (χ4n) is 5.07. The van der Waals surface area contributed by atoms with Gasteiger partial charge in [0.1, 0.15) is 17.9 Å². The molecule has 1 saturated carbocycles. The first-order valence-corrected chi connectivity index (χ1v) is 15.1. The smallest absolute Gasteiger partial charge is 0.243 e. The van der Waals surface area contributed by atoms with Gasteiger partial charge in [-0.15, -0.1) is 0 Å². The van der Waals surface area contributed by atoms with Crippen molar-refractivity contribution >= 4 is 26.7 Å². The monoisotopic (exact) mass is 564 g/mol. The van der Waals surface area contributed by atoms with Gasteiger partial charge in [0.25, 0.3) is 0 Å². The van der Waals surface area contributed by atoms with Crippen LogP contribution in [-0.4, -0.2) is 35.8 Å². The van der Waals surface area contributed by atoms with Gasteiger partial charge in [0, 0.05) is 24.5 Å². The summed E-state index contributed by atoms with van der Waals surface area (Å²) in [5.41, 5.74) is 6.23. The van der Waals surface area contributed by atoms with Crippen LogP contribution in [0.4, 0.5) is 5.82 Å². The molecule has 0 unspecified atom stereocenters. The van der Waals surface area contributed by atoms with E-state index in [0.717, 1.165) is 46.3 Å². The molecule has 0 saturated heterocycles. The molecule has 8 heteroatoms. The summed E-state index contributed by atoms with van der Waals surface area (Å²) in [6.07, 6.45) is 3.33. The van der Waals surface area contributed by atoms with E-state index in [4.69, 9.17) is 4.74 Å². The molecule has 41 heavy (non-hydrogen) atoms. The van der Waals surface area contributed by atoms with Crippen LogP contribution in [0.3, 0.4) is 0 Å². The molecule has 4 aromatic carbocycles. The number of benzene rings is 4. The Hall–Kier alpha value is -4.27. The van der Waals surface area contributed by atoms with Crippen molar-refractivity contribution in [2.45, 2.75) is 43.8 Å². The van der Waals surface area contributed by atoms with Gasteiger partial charge in [-0.1, -0.05) is 54.1 Å². The van der Waals surface area contributed by atoms with Crippen LogP contribution in [0.5, 0.6) is 5.75 Å². The molecule has 0 amide bonds. The van der Waals surface area contributed by atoms with Crippen molar-refractivity contribution < 1.29 is 13.2 Å². The van der Waals surface area contributed by atoms with Gasteiger partial charge in [-0.05, 0) is 84.5 Å². The zero-order chi connectivity index (χ0) is 28.4. The maximum atomic E-state index is 13.6. The van der Waals surface area contributed by atoms with Crippen LogP contribution in [-0.2, 0) is 23.1 Å². The van der Waals surface area contributed by atoms with Crippen molar-refractivity contribution in [3.8, 4) is 16.9 Å². The lowest BCUT2D eigenvalue weighted by Gasteiger charge is -2.22. The quantitative estimate of drug-likeness (QED) is 0.206. The third-order valence-corrected chi connectivity index (χ3v) is 9.31. The molecule has 1 N–H and O–H groups in total. The number of rotatable bonds is 10. The molecule has 0 atom stereocenters. The highest BCUT2D eigenvalue weighted by Crippen LogP contribution is 2.35. The molecule has 7 nitrogen and oxygen atoms in total. The highest BCUT2D eigenvalue weighted by atomic mass is 32.2. The number of aromatic nitrogens is 2. The largest absolute Gasteiger partial charge is 0.497 e. The Morgan fingerprint density at radius 2 is 1.63 bits per heavy atom. The van der Waals surface area contributed by atoms with Gasteiger partial charge < -0.3 is 10.1 Å². The number of anilines is 1. The Morgan fingerprint density at radius 1 is 0.878 bits per heavy atom. The van der Waals surface area contributed by atoms with E-state index in [0.29, 0.717) is 18.8 Å². The predicted octanol–water partition coefficient (Wildman–Crippen LogP) is 6.58. The summed E-state index contributed by atoms with van der Waals surface area (Å²) in [5.74, 6) is 1.41. The molecule has 0 spiro atoms. The molecule has 0 aliphatic heterocycles. The van der Waals surface area contributed by atoms with Gasteiger partial charge in [-0.25, -0.2) is 18.4 Å². The zero-order valence-corrected chi connectivity index (χ0v) is 23.9. The lowest BCUT2D eigenvalue weighted by molar-refractivity contribution is 0.398. The number of fused-ring (bicyclic) bond motifs is 1. The lowest BCUT2D eigenvalue weighted by Crippen LogP contribution is -2.32. The molecule has 0 bridgehead atoms. The summed E-state index contributed by atoms with van der Waals surface area (Å²) in [7, 11) is -2.08. The Balaban J connectivity index is 1.27. The average molecular weight is 565 g/mol. The second kappa shape index (κ2) is 11.3. The molecule has 1 aliphatic carbocycles. The summed E-state index contributed by atoms with van der Waals surface area (Å²) in [6.45, 7) is 3.06. The van der Waals surface area contributed by atoms with Crippen LogP contribution in [0.15, 0.2) is 102 Å². The lowest BCUT2D eigenvalue weighted by atomic mass is 10.0. The van der Waals surface area contributed by atoms with Crippen LogP contribution >= 0.6 is 0 Å². The van der Waals surface area contributed by atoms with Crippen molar-refractivity contribution in [1.82, 2.24) is 14.3 Å². The fourth-order valence-corrected chi connectivity index (χ4v) is 6.74. The summed E-state index contributed by atoms with van der Waals surface area (Å²) in [4.78, 5) is 9.27. The molecule has 208 valence electrons. The second-order valence-corrected chi connectivity index (χ2v) is 12.3. The number of aryl methyl sites for hydroxylation is 1. The van der Waals surface area contributed by atoms with E-state index in [9.17, 15) is 8.42 Å². The van der Waals surface area contributed by atoms with Crippen LogP contribution in [0.1, 0.15) is 29.5 Å². The maximum absolute atomic E-state index is 13.6. The van der Waals surface area contributed by atoms with Gasteiger partial charge in [0.15, 0.2) is 0 Å². The van der Waals surface area contributed by atoms with Crippen molar-refractivity contribution in [2.75, 3.05) is 12.4 Å². The Morgan fingerprint density at radius 3 is 2.39 bits per heavy atom. The van der Waals surface area contributed by atoms with Crippen molar-refractivity contribution in [3.63, 3.8) is 0 Å². The number of sulfonamides is 1. The standard InChI is InChI=1S/C33H32N4O3S/c1-23-5-3-6-24(17-23)20-34-33-31-19-27(9-16-32(31)35-22-36-33)26-8-4-7-25(18-26)21-37(28-10-11-28)41(38,39)30-14-12-29(40-2)13-15-30/h3-9,12-19,22,28H,10-11,20-21H2,1-2H3,(H,34,35,36). The van der Waals surface area contributed by atoms with E-state index >= 15 is 0 Å². The average Bonchev–Trinajstić information content (AvgIpc) is 3.84. The Labute approximate surface area is 240 Å². The van der Waals surface area contributed by atoms with Crippen LogP contribution in [0.25, 0.3) is 22.0 Å². The minimum Gasteiger partial charge on any atom is -0.497 e. The fraction of sp³-hybridized carbons (Fsp3) is 0.212. The molecular formula is C33H32N4O3S. The SMILES string of the molecule is COc1ccc(S(=O)(=O)N(Cc2cccc(-c3ccc4ncnc(NCc5cccc(C)c5)c4c3)c2)C2CC2)cc1. The Kier molecular flexibility index (Phi) is 7.43. The minimum atomic E-state index is -3.65. The van der Waals surface area contributed by atoms with Gasteiger partial charge in [0.2, 0.25) is 10.0 Å². The Bertz CT molecular complexity index is 1800. The second-order valence-electron chi connectivity index (χ2n) is 10.5. The molecule has 0 radical (unpaired) electrons. The third-order valence-electron chi connectivity index (χ3n) is 7.40. The summed E-state index contributed by atoms with van der Waals surface area (Å²) in [5, 5.41) is 4.41. The van der Waals surface area contributed by atoms with E-state index in [2.05, 4.69) is 58.6 Å². The summed E-state index contributed by atoms with van der Waals surface area (Å²) < 4.78 is 34.0. The first-order valence-electron chi connectivity index (χ1n) is 13.7. The number of hydrogen-bond acceptors (Lipinski definition) is 6. The van der Waals surface area contributed by atoms with Crippen LogP contribution < -0.4 is 10.1 Å². The predicted molar refractivity (Wildman–Crippen MR) is 162 cm³/mol. The normalized spacial score (nSPS) is 13.4. The molecule has 1 aliphatic rings. The van der Waals surface area contributed by atoms with Crippen molar-refractivity contribution in [1.29, 1.82) is 0 Å². The first kappa shape index (κ1) is 26.9. The number of nitrogens with zero attached hydrogens (tertiary/aromatic N) is 3. The minimum absolute atomic E-state index is 0.0191. The van der Waals surface area contributed by atoms with Crippen molar-refractivity contribution in [3.05, 3.63) is 114 Å². The summed E-state index contributed by atoms with van der Waals surface area (Å²) >= 11 is 0. The van der Waals surface area contributed by atoms with Crippen LogP contribution in [0.2, 0.25) is 0 Å². The van der Waals surface area contributed by atoms with Gasteiger partial charge >= 0.3 is 0 Å². The van der Waals surface area contributed by atoms with E-state index in [1.54, 1.807) is 42.0 Å².